The van der Waals surface area contributed by atoms with Crippen molar-refractivity contribution in [2.75, 3.05) is 19.0 Å². The van der Waals surface area contributed by atoms with E-state index < -0.39 is 23.2 Å². The number of hydrogen-bond donors (Lipinski definition) is 1. The quantitative estimate of drug-likeness (QED) is 0.305. The van der Waals surface area contributed by atoms with Gasteiger partial charge in [0.2, 0.25) is 11.8 Å². The topological polar surface area (TPSA) is 94.9 Å². The van der Waals surface area contributed by atoms with Gasteiger partial charge in [0.05, 0.1) is 18.6 Å². The van der Waals surface area contributed by atoms with E-state index in [4.69, 9.17) is 19.2 Å². The van der Waals surface area contributed by atoms with E-state index in [1.807, 2.05) is 12.1 Å². The predicted octanol–water partition coefficient (Wildman–Crippen LogP) is 5.65. The number of ether oxygens (including phenoxy) is 3. The van der Waals surface area contributed by atoms with Crippen LogP contribution in [0.3, 0.4) is 0 Å². The van der Waals surface area contributed by atoms with Gasteiger partial charge in [0.25, 0.3) is 0 Å². The summed E-state index contributed by atoms with van der Waals surface area (Å²) in [5, 5.41) is 3.18. The Morgan fingerprint density at radius 1 is 1.18 bits per heavy atom. The van der Waals surface area contributed by atoms with Gasteiger partial charge in [-0.2, -0.15) is 4.39 Å². The molecule has 1 fully saturated rings. The Morgan fingerprint density at radius 2 is 2.00 bits per heavy atom. The zero-order valence-electron chi connectivity index (χ0n) is 22.5. The van der Waals surface area contributed by atoms with Crippen molar-refractivity contribution in [3.05, 3.63) is 71.4 Å². The number of fused-ring (bicyclic) bond motifs is 4. The summed E-state index contributed by atoms with van der Waals surface area (Å²) in [5.41, 5.74) is 1.31. The van der Waals surface area contributed by atoms with E-state index in [-0.39, 0.29) is 5.41 Å². The minimum Gasteiger partial charge on any atom is -0.444 e. The summed E-state index contributed by atoms with van der Waals surface area (Å²) in [6.07, 6.45) is 2.50. The number of amides is 1. The van der Waals surface area contributed by atoms with E-state index in [0.717, 1.165) is 5.56 Å². The van der Waals surface area contributed by atoms with Gasteiger partial charge in [0, 0.05) is 40.4 Å². The lowest BCUT2D eigenvalue weighted by atomic mass is 9.81. The summed E-state index contributed by atoms with van der Waals surface area (Å²) in [7, 11) is 0. The van der Waals surface area contributed by atoms with E-state index in [9.17, 15) is 9.18 Å². The monoisotopic (exact) mass is 558 g/mol. The van der Waals surface area contributed by atoms with Gasteiger partial charge in [0.1, 0.15) is 16.9 Å². The molecule has 10 heteroatoms. The van der Waals surface area contributed by atoms with Crippen LogP contribution >= 0.6 is 11.8 Å². The smallest absolute Gasteiger partial charge is 0.413 e. The SMILES string of the molecule is CC1(C#Cc2cnc3c(c2)C2(CSC(NC(=O)OC(C)(C)C)=N2)c2cc(-c4cccnc4F)ccc2O3)COC1. The third-order valence-corrected chi connectivity index (χ3v) is 7.70. The van der Waals surface area contributed by atoms with Crippen molar-refractivity contribution in [2.24, 2.45) is 10.4 Å². The fourth-order valence-corrected chi connectivity index (χ4v) is 5.80. The molecule has 8 nitrogen and oxygen atoms in total. The maximum absolute atomic E-state index is 14.7. The molecular formula is C30H27FN4O4S. The van der Waals surface area contributed by atoms with Gasteiger partial charge in [-0.25, -0.2) is 19.8 Å². The second kappa shape index (κ2) is 9.61. The minimum atomic E-state index is -0.971. The second-order valence-corrected chi connectivity index (χ2v) is 12.2. The number of thioether (sulfide) groups is 1. The molecule has 0 bridgehead atoms. The van der Waals surface area contributed by atoms with Crippen LogP contribution in [0, 0.1) is 23.2 Å². The molecule has 1 atom stereocenters. The minimum absolute atomic E-state index is 0.189. The number of carbonyl (C=O) groups excluding carboxylic acids is 1. The van der Waals surface area contributed by atoms with Crippen LogP contribution in [0.5, 0.6) is 11.6 Å². The van der Waals surface area contributed by atoms with Crippen molar-refractivity contribution in [2.45, 2.75) is 38.8 Å². The molecule has 1 saturated heterocycles. The molecule has 0 saturated carbocycles. The third-order valence-electron chi connectivity index (χ3n) is 6.67. The molecule has 204 valence electrons. The zero-order valence-corrected chi connectivity index (χ0v) is 23.3. The van der Waals surface area contributed by atoms with E-state index >= 15 is 0 Å². The normalized spacial score (nSPS) is 20.2. The molecule has 5 heterocycles. The average molecular weight is 559 g/mol. The van der Waals surface area contributed by atoms with Gasteiger partial charge >= 0.3 is 6.09 Å². The molecule has 1 aromatic carbocycles. The van der Waals surface area contributed by atoms with Gasteiger partial charge in [-0.05, 0) is 63.6 Å². The number of nitrogens with one attached hydrogen (secondary N) is 1. The number of amidine groups is 1. The number of aromatic nitrogens is 2. The van der Waals surface area contributed by atoms with Crippen molar-refractivity contribution in [1.82, 2.24) is 15.3 Å². The number of pyridine rings is 2. The van der Waals surface area contributed by atoms with Gasteiger partial charge < -0.3 is 14.2 Å². The molecule has 1 amide bonds. The van der Waals surface area contributed by atoms with Crippen LogP contribution in [0.15, 0.2) is 53.8 Å². The first-order valence-corrected chi connectivity index (χ1v) is 13.8. The van der Waals surface area contributed by atoms with Crippen molar-refractivity contribution in [3.8, 4) is 34.6 Å². The Labute approximate surface area is 235 Å². The second-order valence-electron chi connectivity index (χ2n) is 11.2. The lowest BCUT2D eigenvalue weighted by Gasteiger charge is -2.34. The molecule has 0 radical (unpaired) electrons. The van der Waals surface area contributed by atoms with Gasteiger partial charge in [-0.3, -0.25) is 5.32 Å². The molecule has 1 unspecified atom stereocenters. The van der Waals surface area contributed by atoms with Crippen LogP contribution in [-0.4, -0.2) is 45.8 Å². The number of benzene rings is 1. The van der Waals surface area contributed by atoms with Crippen LogP contribution < -0.4 is 10.1 Å². The van der Waals surface area contributed by atoms with Crippen LogP contribution in [0.25, 0.3) is 11.1 Å². The maximum Gasteiger partial charge on any atom is 0.413 e. The van der Waals surface area contributed by atoms with Crippen molar-refractivity contribution in [1.29, 1.82) is 0 Å². The molecule has 3 aliphatic rings. The van der Waals surface area contributed by atoms with Crippen LogP contribution in [0.1, 0.15) is 44.4 Å². The van der Waals surface area contributed by atoms with Gasteiger partial charge in [0.15, 0.2) is 5.17 Å². The maximum atomic E-state index is 14.7. The predicted molar refractivity (Wildman–Crippen MR) is 150 cm³/mol. The number of rotatable bonds is 1. The van der Waals surface area contributed by atoms with Crippen molar-refractivity contribution < 1.29 is 23.4 Å². The summed E-state index contributed by atoms with van der Waals surface area (Å²) < 4.78 is 31.6. The van der Waals surface area contributed by atoms with Crippen LogP contribution in [0.4, 0.5) is 9.18 Å². The fourth-order valence-electron chi connectivity index (χ4n) is 4.70. The van der Waals surface area contributed by atoms with E-state index in [0.29, 0.717) is 58.0 Å². The largest absolute Gasteiger partial charge is 0.444 e. The molecule has 3 aromatic rings. The molecule has 40 heavy (non-hydrogen) atoms. The third kappa shape index (κ3) is 4.91. The Kier molecular flexibility index (Phi) is 6.32. The number of hydrogen-bond acceptors (Lipinski definition) is 8. The number of alkyl carbamates (subject to hydrolysis) is 1. The number of nitrogens with zero attached hydrogens (tertiary/aromatic N) is 3. The zero-order chi connectivity index (χ0) is 28.1. The molecule has 1 spiro atoms. The first-order chi connectivity index (χ1) is 19.0. The van der Waals surface area contributed by atoms with Crippen molar-refractivity contribution >= 4 is 23.0 Å². The highest BCUT2D eigenvalue weighted by Gasteiger charge is 2.47. The summed E-state index contributed by atoms with van der Waals surface area (Å²) in [6.45, 7) is 8.63. The summed E-state index contributed by atoms with van der Waals surface area (Å²) in [5.74, 6) is 7.35. The lowest BCUT2D eigenvalue weighted by Crippen LogP contribution is -2.38. The Hall–Kier alpha value is -3.94. The molecule has 2 aromatic heterocycles. The molecular weight excluding hydrogens is 531 g/mol. The summed E-state index contributed by atoms with van der Waals surface area (Å²) in [4.78, 5) is 26.0. The van der Waals surface area contributed by atoms with Crippen molar-refractivity contribution in [3.63, 3.8) is 0 Å². The number of aliphatic imine (C=N–C) groups is 1. The standard InChI is InChI=1S/C30H27FN4O4S/c1-28(2,3)39-27(36)34-26-35-30(17-40-26)21-13-19(20-6-5-11-32-24(20)31)7-8-23(21)38-25-22(30)12-18(14-33-25)9-10-29(4)15-37-16-29/h5-8,11-14H,15-17H2,1-4H3,(H,34,35,36). The first-order valence-electron chi connectivity index (χ1n) is 12.8. The number of halogens is 1. The highest BCUT2D eigenvalue weighted by molar-refractivity contribution is 8.14. The number of carbonyl (C=O) groups is 1. The lowest BCUT2D eigenvalue weighted by molar-refractivity contribution is -0.0648. The molecule has 3 aliphatic heterocycles. The van der Waals surface area contributed by atoms with Gasteiger partial charge in [-0.15, -0.1) is 0 Å². The van der Waals surface area contributed by atoms with Crippen LogP contribution in [0.2, 0.25) is 0 Å². The van der Waals surface area contributed by atoms with E-state index in [1.165, 1.54) is 18.0 Å². The highest BCUT2D eigenvalue weighted by atomic mass is 32.2. The van der Waals surface area contributed by atoms with E-state index in [1.54, 1.807) is 51.2 Å². The average Bonchev–Trinajstić information content (AvgIpc) is 3.30. The van der Waals surface area contributed by atoms with E-state index in [2.05, 4.69) is 34.0 Å². The van der Waals surface area contributed by atoms with Crippen LogP contribution in [-0.2, 0) is 15.0 Å². The molecule has 6 rings (SSSR count). The van der Waals surface area contributed by atoms with Gasteiger partial charge in [-0.1, -0.05) is 29.7 Å². The Morgan fingerprint density at radius 3 is 2.73 bits per heavy atom. The summed E-state index contributed by atoms with van der Waals surface area (Å²) in [6, 6.07) is 10.7. The molecule has 1 N–H and O–H groups in total. The Bertz CT molecular complexity index is 1620. The first kappa shape index (κ1) is 26.3. The molecule has 0 aliphatic carbocycles. The highest BCUT2D eigenvalue weighted by Crippen LogP contribution is 2.53. The fraction of sp³-hybridized carbons (Fsp3) is 0.333. The summed E-state index contributed by atoms with van der Waals surface area (Å²) >= 11 is 1.39. The Balaban J connectivity index is 1.46.